The number of ether oxygens (including phenoxy) is 1. The molecule has 4 rings (SSSR count). The molecule has 2 unspecified atom stereocenters. The fraction of sp³-hybridized carbons (Fsp3) is 0.360. The van der Waals surface area contributed by atoms with Crippen molar-refractivity contribution < 1.29 is 14.3 Å². The minimum atomic E-state index is -0.768. The van der Waals surface area contributed by atoms with Gasteiger partial charge in [0.05, 0.1) is 11.3 Å². The Hall–Kier alpha value is -2.88. The zero-order valence-corrected chi connectivity index (χ0v) is 17.3. The molecule has 1 aliphatic carbocycles. The molecule has 1 amide bonds. The first-order valence-corrected chi connectivity index (χ1v) is 10.2. The maximum Gasteiger partial charge on any atom is 0.316 e. The summed E-state index contributed by atoms with van der Waals surface area (Å²) in [5.74, 6) is -0.760. The Labute approximate surface area is 172 Å². The monoisotopic (exact) mass is 389 g/mol. The highest BCUT2D eigenvalue weighted by molar-refractivity contribution is 6.03. The number of allylic oxidation sites excluding steroid dienone is 1. The van der Waals surface area contributed by atoms with E-state index in [0.29, 0.717) is 0 Å². The third-order valence-corrected chi connectivity index (χ3v) is 6.64. The van der Waals surface area contributed by atoms with Crippen molar-refractivity contribution in [1.82, 2.24) is 0 Å². The number of amides is 1. The lowest BCUT2D eigenvalue weighted by Crippen LogP contribution is -2.49. The van der Waals surface area contributed by atoms with E-state index in [1.54, 1.807) is 4.90 Å². The van der Waals surface area contributed by atoms with Gasteiger partial charge in [0.1, 0.15) is 6.10 Å². The van der Waals surface area contributed by atoms with Gasteiger partial charge in [-0.2, -0.15) is 0 Å². The van der Waals surface area contributed by atoms with Crippen LogP contribution in [-0.4, -0.2) is 18.0 Å². The fourth-order valence-corrected chi connectivity index (χ4v) is 5.09. The average molecular weight is 389 g/mol. The number of carbonyl (C=O) groups excluding carboxylic acids is 2. The van der Waals surface area contributed by atoms with Gasteiger partial charge in [-0.25, -0.2) is 0 Å². The molecule has 1 aliphatic heterocycles. The van der Waals surface area contributed by atoms with E-state index in [2.05, 4.69) is 6.92 Å². The maximum absolute atomic E-state index is 14.1. The first-order valence-electron chi connectivity index (χ1n) is 10.2. The number of rotatable bonds is 3. The fourth-order valence-electron chi connectivity index (χ4n) is 5.09. The molecular formula is C25H27NO3. The zero-order valence-electron chi connectivity index (χ0n) is 17.3. The van der Waals surface area contributed by atoms with Crippen LogP contribution in [0.3, 0.4) is 0 Å². The Morgan fingerprint density at radius 3 is 2.00 bits per heavy atom. The minimum absolute atomic E-state index is 0.00345. The number of carbonyl (C=O) groups is 2. The Morgan fingerprint density at radius 2 is 1.48 bits per heavy atom. The van der Waals surface area contributed by atoms with Crippen LogP contribution < -0.4 is 4.90 Å². The van der Waals surface area contributed by atoms with Crippen LogP contribution >= 0.6 is 0 Å². The minimum Gasteiger partial charge on any atom is -0.462 e. The van der Waals surface area contributed by atoms with E-state index < -0.39 is 5.41 Å². The summed E-state index contributed by atoms with van der Waals surface area (Å²) in [6.07, 6.45) is 1.72. The number of cyclic esters (lactones) is 1. The number of benzene rings is 2. The van der Waals surface area contributed by atoms with Gasteiger partial charge in [0.2, 0.25) is 5.91 Å². The summed E-state index contributed by atoms with van der Waals surface area (Å²) in [5, 5.41) is 0. The van der Waals surface area contributed by atoms with E-state index in [-0.39, 0.29) is 35.7 Å². The zero-order chi connectivity index (χ0) is 20.8. The summed E-state index contributed by atoms with van der Waals surface area (Å²) in [6, 6.07) is 19.4. The van der Waals surface area contributed by atoms with Crippen LogP contribution in [0.2, 0.25) is 0 Å². The predicted molar refractivity (Wildman–Crippen MR) is 114 cm³/mol. The van der Waals surface area contributed by atoms with Crippen LogP contribution in [0.15, 0.2) is 72.3 Å². The van der Waals surface area contributed by atoms with E-state index in [1.807, 2.05) is 87.5 Å². The summed E-state index contributed by atoms with van der Waals surface area (Å²) < 4.78 is 5.63. The van der Waals surface area contributed by atoms with Gasteiger partial charge < -0.3 is 4.74 Å². The lowest BCUT2D eigenvalue weighted by atomic mass is 9.60. The quantitative estimate of drug-likeness (QED) is 0.540. The van der Waals surface area contributed by atoms with Gasteiger partial charge in [0, 0.05) is 17.3 Å². The molecule has 4 heteroatoms. The van der Waals surface area contributed by atoms with Crippen molar-refractivity contribution in [3.05, 3.63) is 72.3 Å². The van der Waals surface area contributed by atoms with Crippen LogP contribution in [0, 0.1) is 23.2 Å². The second kappa shape index (κ2) is 7.18. The molecule has 5 atom stereocenters. The summed E-state index contributed by atoms with van der Waals surface area (Å²) in [6.45, 7) is 7.91. The van der Waals surface area contributed by atoms with Crippen molar-refractivity contribution in [2.75, 3.05) is 4.90 Å². The van der Waals surface area contributed by atoms with Crippen LogP contribution in [0.1, 0.15) is 27.7 Å². The summed E-state index contributed by atoms with van der Waals surface area (Å²) in [4.78, 5) is 28.6. The molecule has 1 fully saturated rings. The number of nitrogens with zero attached hydrogens (tertiary/aromatic N) is 1. The lowest BCUT2D eigenvalue weighted by molar-refractivity contribution is -0.146. The van der Waals surface area contributed by atoms with Crippen molar-refractivity contribution in [3.8, 4) is 0 Å². The van der Waals surface area contributed by atoms with Gasteiger partial charge in [-0.05, 0) is 51.0 Å². The van der Waals surface area contributed by atoms with Crippen molar-refractivity contribution in [1.29, 1.82) is 0 Å². The normalized spacial score (nSPS) is 30.9. The SMILES string of the molecule is CC1=C[C@@]2(C)C(=O)OC(C)C2[C@@H](C(=O)N(c2ccccc2)c2ccccc2)[C@@H]1C. The Balaban J connectivity index is 1.84. The smallest absolute Gasteiger partial charge is 0.316 e. The van der Waals surface area contributed by atoms with Crippen LogP contribution in [0.25, 0.3) is 0 Å². The first-order chi connectivity index (χ1) is 13.8. The molecule has 0 aromatic heterocycles. The molecule has 29 heavy (non-hydrogen) atoms. The van der Waals surface area contributed by atoms with E-state index in [1.165, 1.54) is 0 Å². The Kier molecular flexibility index (Phi) is 4.81. The summed E-state index contributed by atoms with van der Waals surface area (Å²) in [7, 11) is 0. The van der Waals surface area contributed by atoms with Crippen molar-refractivity contribution >= 4 is 23.3 Å². The van der Waals surface area contributed by atoms with E-state index in [0.717, 1.165) is 16.9 Å². The predicted octanol–water partition coefficient (Wildman–Crippen LogP) is 5.13. The molecule has 1 saturated heterocycles. The van der Waals surface area contributed by atoms with Gasteiger partial charge in [-0.1, -0.05) is 55.0 Å². The third kappa shape index (κ3) is 3.07. The molecule has 150 valence electrons. The number of para-hydroxylation sites is 2. The average Bonchev–Trinajstić information content (AvgIpc) is 2.93. The standard InChI is InChI=1S/C25H27NO3/c1-16-15-25(4)22(18(3)29-24(25)28)21(17(16)2)23(27)26(19-11-7-5-8-12-19)20-13-9-6-10-14-20/h5-15,17-18,21-22H,1-4H3/t17-,18?,21+,22?,25-/m1/s1. The van der Waals surface area contributed by atoms with E-state index >= 15 is 0 Å². The van der Waals surface area contributed by atoms with Crippen LogP contribution in [0.4, 0.5) is 11.4 Å². The molecule has 2 aliphatic rings. The van der Waals surface area contributed by atoms with Crippen LogP contribution in [0.5, 0.6) is 0 Å². The van der Waals surface area contributed by atoms with Crippen molar-refractivity contribution in [2.24, 2.45) is 23.2 Å². The summed E-state index contributed by atoms with van der Waals surface area (Å²) in [5.41, 5.74) is 1.94. The maximum atomic E-state index is 14.1. The second-order valence-corrected chi connectivity index (χ2v) is 8.47. The van der Waals surface area contributed by atoms with Gasteiger partial charge in [-0.15, -0.1) is 0 Å². The van der Waals surface area contributed by atoms with Gasteiger partial charge in [0.15, 0.2) is 0 Å². The molecule has 2 aromatic rings. The number of hydrogen-bond acceptors (Lipinski definition) is 3. The molecule has 0 N–H and O–H groups in total. The van der Waals surface area contributed by atoms with Crippen LogP contribution in [-0.2, 0) is 14.3 Å². The number of esters is 1. The number of anilines is 2. The third-order valence-electron chi connectivity index (χ3n) is 6.64. The van der Waals surface area contributed by atoms with Crippen molar-refractivity contribution in [2.45, 2.75) is 33.8 Å². The Bertz CT molecular complexity index is 913. The molecule has 1 heterocycles. The molecule has 4 nitrogen and oxygen atoms in total. The van der Waals surface area contributed by atoms with Gasteiger partial charge in [-0.3, -0.25) is 14.5 Å². The number of hydrogen-bond donors (Lipinski definition) is 0. The molecule has 0 bridgehead atoms. The van der Waals surface area contributed by atoms with E-state index in [4.69, 9.17) is 4.74 Å². The molecule has 0 radical (unpaired) electrons. The highest BCUT2D eigenvalue weighted by Gasteiger charge is 2.60. The largest absolute Gasteiger partial charge is 0.462 e. The van der Waals surface area contributed by atoms with Gasteiger partial charge >= 0.3 is 5.97 Å². The van der Waals surface area contributed by atoms with E-state index in [9.17, 15) is 9.59 Å². The molecule has 2 aromatic carbocycles. The lowest BCUT2D eigenvalue weighted by Gasteiger charge is -2.42. The Morgan fingerprint density at radius 1 is 0.966 bits per heavy atom. The number of fused-ring (bicyclic) bond motifs is 1. The molecular weight excluding hydrogens is 362 g/mol. The summed E-state index contributed by atoms with van der Waals surface area (Å²) >= 11 is 0. The second-order valence-electron chi connectivity index (χ2n) is 8.47. The molecule has 0 spiro atoms. The molecule has 0 saturated carbocycles. The topological polar surface area (TPSA) is 46.6 Å². The van der Waals surface area contributed by atoms with Crippen molar-refractivity contribution in [3.63, 3.8) is 0 Å². The highest BCUT2D eigenvalue weighted by atomic mass is 16.6. The first kappa shape index (κ1) is 19.4. The highest BCUT2D eigenvalue weighted by Crippen LogP contribution is 2.53. The van der Waals surface area contributed by atoms with Gasteiger partial charge in [0.25, 0.3) is 0 Å².